The first-order valence-electron chi connectivity index (χ1n) is 6.00. The fourth-order valence-electron chi connectivity index (χ4n) is 3.13. The summed E-state index contributed by atoms with van der Waals surface area (Å²) >= 11 is 0. The maximum absolute atomic E-state index is 11.6. The molecule has 0 radical (unpaired) electrons. The van der Waals surface area contributed by atoms with Crippen molar-refractivity contribution in [2.24, 2.45) is 5.41 Å². The van der Waals surface area contributed by atoms with Gasteiger partial charge in [-0.3, -0.25) is 4.79 Å². The minimum Gasteiger partial charge on any atom is -0.481 e. The predicted octanol–water partition coefficient (Wildman–Crippen LogP) is 2.13. The van der Waals surface area contributed by atoms with Crippen molar-refractivity contribution in [2.45, 2.75) is 25.2 Å². The summed E-state index contributed by atoms with van der Waals surface area (Å²) in [6.07, 6.45) is 1.56. The van der Waals surface area contributed by atoms with Gasteiger partial charge in [0.15, 0.2) is 0 Å². The summed E-state index contributed by atoms with van der Waals surface area (Å²) in [4.78, 5) is 11.6. The summed E-state index contributed by atoms with van der Waals surface area (Å²) in [5.74, 6) is -0.663. The average molecular weight is 232 g/mol. The second-order valence-corrected chi connectivity index (χ2v) is 5.28. The quantitative estimate of drug-likeness (QED) is 0.868. The molecule has 90 valence electrons. The van der Waals surface area contributed by atoms with Gasteiger partial charge >= 0.3 is 5.97 Å². The smallest absolute Gasteiger partial charge is 0.310 e. The molecule has 1 aromatic rings. The Morgan fingerprint density at radius 3 is 2.35 bits per heavy atom. The number of benzene rings is 1. The number of hydrogen-bond donors (Lipinski definition) is 1. The van der Waals surface area contributed by atoms with Crippen LogP contribution in [0.2, 0.25) is 0 Å². The van der Waals surface area contributed by atoms with Gasteiger partial charge < -0.3 is 9.84 Å². The van der Waals surface area contributed by atoms with Crippen LogP contribution in [-0.2, 0) is 14.9 Å². The lowest BCUT2D eigenvalue weighted by Gasteiger charge is -2.47. The molecule has 3 heteroatoms. The maximum Gasteiger partial charge on any atom is 0.310 e. The van der Waals surface area contributed by atoms with Gasteiger partial charge in [-0.1, -0.05) is 24.3 Å². The summed E-state index contributed by atoms with van der Waals surface area (Å²) in [5.41, 5.74) is 1.47. The number of aliphatic carboxylic acids is 1. The largest absolute Gasteiger partial charge is 0.481 e. The van der Waals surface area contributed by atoms with E-state index in [1.165, 1.54) is 5.56 Å². The van der Waals surface area contributed by atoms with Crippen LogP contribution in [0.15, 0.2) is 24.3 Å². The van der Waals surface area contributed by atoms with Crippen LogP contribution in [0.3, 0.4) is 0 Å². The predicted molar refractivity (Wildman–Crippen MR) is 63.0 cm³/mol. The molecule has 0 bridgehead atoms. The number of aryl methyl sites for hydroxylation is 1. The Morgan fingerprint density at radius 2 is 1.94 bits per heavy atom. The van der Waals surface area contributed by atoms with Crippen molar-refractivity contribution in [1.82, 2.24) is 0 Å². The third-order valence-corrected chi connectivity index (χ3v) is 4.43. The molecule has 0 unspecified atom stereocenters. The van der Waals surface area contributed by atoms with Crippen LogP contribution >= 0.6 is 0 Å². The average Bonchev–Trinajstić information content (AvgIpc) is 3.01. The minimum atomic E-state index is -0.663. The van der Waals surface area contributed by atoms with E-state index in [1.807, 2.05) is 25.1 Å². The molecule has 0 amide bonds. The molecule has 1 aliphatic carbocycles. The van der Waals surface area contributed by atoms with Crippen molar-refractivity contribution in [3.05, 3.63) is 35.4 Å². The highest BCUT2D eigenvalue weighted by molar-refractivity contribution is 5.81. The maximum atomic E-state index is 11.6. The van der Waals surface area contributed by atoms with E-state index in [0.29, 0.717) is 13.2 Å². The van der Waals surface area contributed by atoms with E-state index in [-0.39, 0.29) is 5.41 Å². The van der Waals surface area contributed by atoms with Crippen molar-refractivity contribution < 1.29 is 14.6 Å². The van der Waals surface area contributed by atoms with Gasteiger partial charge in [-0.25, -0.2) is 0 Å². The molecule has 1 aliphatic heterocycles. The number of carbonyl (C=O) groups is 1. The van der Waals surface area contributed by atoms with Crippen LogP contribution in [0.5, 0.6) is 0 Å². The second kappa shape index (κ2) is 3.33. The lowest BCUT2D eigenvalue weighted by Crippen LogP contribution is -2.56. The summed E-state index contributed by atoms with van der Waals surface area (Å²) in [6, 6.07) is 8.08. The lowest BCUT2D eigenvalue weighted by atomic mass is 9.65. The summed E-state index contributed by atoms with van der Waals surface area (Å²) in [5, 5.41) is 9.50. The van der Waals surface area contributed by atoms with Crippen LogP contribution < -0.4 is 0 Å². The van der Waals surface area contributed by atoms with Gasteiger partial charge in [0.1, 0.15) is 0 Å². The highest BCUT2D eigenvalue weighted by atomic mass is 16.5. The monoisotopic (exact) mass is 232 g/mol. The molecule has 1 saturated heterocycles. The van der Waals surface area contributed by atoms with E-state index in [4.69, 9.17) is 4.74 Å². The Kier molecular flexibility index (Phi) is 2.11. The van der Waals surface area contributed by atoms with E-state index >= 15 is 0 Å². The number of carboxylic acids is 1. The van der Waals surface area contributed by atoms with Gasteiger partial charge in [-0.05, 0) is 30.9 Å². The van der Waals surface area contributed by atoms with Gasteiger partial charge in [0.2, 0.25) is 0 Å². The van der Waals surface area contributed by atoms with Crippen molar-refractivity contribution in [2.75, 3.05) is 13.2 Å². The number of hydrogen-bond acceptors (Lipinski definition) is 2. The molecule has 0 aromatic heterocycles. The summed E-state index contributed by atoms with van der Waals surface area (Å²) in [7, 11) is 0. The van der Waals surface area contributed by atoms with Gasteiger partial charge in [0.25, 0.3) is 0 Å². The fraction of sp³-hybridized carbons (Fsp3) is 0.500. The first kappa shape index (κ1) is 10.8. The zero-order chi connectivity index (χ0) is 12.1. The van der Waals surface area contributed by atoms with Crippen LogP contribution in [-0.4, -0.2) is 24.3 Å². The Morgan fingerprint density at radius 1 is 1.29 bits per heavy atom. The minimum absolute atomic E-state index is 0.288. The zero-order valence-corrected chi connectivity index (χ0v) is 9.90. The first-order chi connectivity index (χ1) is 8.12. The van der Waals surface area contributed by atoms with Crippen molar-refractivity contribution in [3.63, 3.8) is 0 Å². The Bertz CT molecular complexity index is 470. The molecule has 0 spiro atoms. The lowest BCUT2D eigenvalue weighted by molar-refractivity contribution is -0.161. The molecule has 1 heterocycles. The fourth-order valence-corrected chi connectivity index (χ4v) is 3.13. The summed E-state index contributed by atoms with van der Waals surface area (Å²) in [6.45, 7) is 3.14. The van der Waals surface area contributed by atoms with Crippen molar-refractivity contribution in [3.8, 4) is 0 Å². The zero-order valence-electron chi connectivity index (χ0n) is 9.90. The Balaban J connectivity index is 2.10. The van der Waals surface area contributed by atoms with E-state index in [9.17, 15) is 9.90 Å². The molecule has 2 aliphatic rings. The van der Waals surface area contributed by atoms with Gasteiger partial charge in [0, 0.05) is 0 Å². The molecule has 1 aromatic carbocycles. The third kappa shape index (κ3) is 1.23. The Hall–Kier alpha value is -1.35. The standard InChI is InChI=1S/C14H16O3/c1-10-4-2-3-5-11(10)14(8-17-9-14)13(6-7-13)12(15)16/h2-5H,6-9H2,1H3,(H,15,16). The number of ether oxygens (including phenoxy) is 1. The molecular formula is C14H16O3. The van der Waals surface area contributed by atoms with Crippen LogP contribution in [0, 0.1) is 12.3 Å². The number of rotatable bonds is 3. The van der Waals surface area contributed by atoms with Gasteiger partial charge in [-0.2, -0.15) is 0 Å². The molecule has 3 rings (SSSR count). The van der Waals surface area contributed by atoms with Gasteiger partial charge in [-0.15, -0.1) is 0 Å². The van der Waals surface area contributed by atoms with Crippen molar-refractivity contribution in [1.29, 1.82) is 0 Å². The number of carboxylic acid groups (broad SMARTS) is 1. The third-order valence-electron chi connectivity index (χ3n) is 4.43. The van der Waals surface area contributed by atoms with Crippen LogP contribution in [0.25, 0.3) is 0 Å². The van der Waals surface area contributed by atoms with Crippen molar-refractivity contribution >= 4 is 5.97 Å². The molecule has 1 saturated carbocycles. The second-order valence-electron chi connectivity index (χ2n) is 5.28. The van der Waals surface area contributed by atoms with E-state index in [1.54, 1.807) is 0 Å². The highest BCUT2D eigenvalue weighted by Gasteiger charge is 2.68. The summed E-state index contributed by atoms with van der Waals surface area (Å²) < 4.78 is 5.36. The molecule has 2 fully saturated rings. The molecular weight excluding hydrogens is 216 g/mol. The normalized spacial score (nSPS) is 23.8. The SMILES string of the molecule is Cc1ccccc1C1(C2(C(=O)O)CC2)COC1. The van der Waals surface area contributed by atoms with Crippen LogP contribution in [0.4, 0.5) is 0 Å². The van der Waals surface area contributed by atoms with Gasteiger partial charge in [0.05, 0.1) is 24.0 Å². The molecule has 0 atom stereocenters. The first-order valence-corrected chi connectivity index (χ1v) is 6.00. The van der Waals surface area contributed by atoms with Crippen LogP contribution in [0.1, 0.15) is 24.0 Å². The highest BCUT2D eigenvalue weighted by Crippen LogP contribution is 2.63. The Labute approximate surface area is 100 Å². The molecule has 1 N–H and O–H groups in total. The van der Waals surface area contributed by atoms with E-state index in [0.717, 1.165) is 18.4 Å². The van der Waals surface area contributed by atoms with E-state index in [2.05, 4.69) is 6.07 Å². The van der Waals surface area contributed by atoms with E-state index < -0.39 is 11.4 Å². The molecule has 17 heavy (non-hydrogen) atoms. The topological polar surface area (TPSA) is 46.5 Å². The molecule has 3 nitrogen and oxygen atoms in total.